The van der Waals surface area contributed by atoms with Crippen LogP contribution >= 0.6 is 15.6 Å². The van der Waals surface area contributed by atoms with Crippen LogP contribution in [-0.2, 0) is 9.13 Å². The SMILES string of the molecule is O=P(O)(O)O.O=P(O)(O)O.[AsH3].[AsH3]. The molecular weight excluding hydrogens is 340 g/mol. The van der Waals surface area contributed by atoms with Crippen LogP contribution in [0.3, 0.4) is 0 Å². The molecule has 8 nitrogen and oxygen atoms in total. The van der Waals surface area contributed by atoms with Crippen molar-refractivity contribution < 1.29 is 38.5 Å². The average molecular weight is 352 g/mol. The summed E-state index contributed by atoms with van der Waals surface area (Å²) in [6.45, 7) is 0. The van der Waals surface area contributed by atoms with Crippen molar-refractivity contribution in [3.63, 3.8) is 0 Å². The van der Waals surface area contributed by atoms with Crippen LogP contribution in [0.2, 0.25) is 0 Å². The molecule has 0 amide bonds. The quantitative estimate of drug-likeness (QED) is 0.189. The maximum absolute atomic E-state index is 8.88. The monoisotopic (exact) mass is 352 g/mol. The molecule has 0 bridgehead atoms. The molecule has 0 aliphatic rings. The van der Waals surface area contributed by atoms with E-state index >= 15 is 0 Å². The van der Waals surface area contributed by atoms with Crippen LogP contribution in [0.25, 0.3) is 0 Å². The third kappa shape index (κ3) is 678. The Labute approximate surface area is 90.1 Å². The molecule has 0 fully saturated rings. The maximum atomic E-state index is 8.88. The Morgan fingerprint density at radius 3 is 0.583 bits per heavy atom. The van der Waals surface area contributed by atoms with Gasteiger partial charge in [0.15, 0.2) is 0 Å². The van der Waals surface area contributed by atoms with Gasteiger partial charge in [0.05, 0.1) is 0 Å². The van der Waals surface area contributed by atoms with Crippen LogP contribution in [0.1, 0.15) is 0 Å². The number of hydrogen-bond donors (Lipinski definition) is 6. The van der Waals surface area contributed by atoms with Crippen molar-refractivity contribution in [2.24, 2.45) is 0 Å². The molecule has 0 saturated heterocycles. The summed E-state index contributed by atoms with van der Waals surface area (Å²) in [5.74, 6) is 0. The summed E-state index contributed by atoms with van der Waals surface area (Å²) < 4.78 is 17.8. The van der Waals surface area contributed by atoms with E-state index in [1.807, 2.05) is 0 Å². The third-order valence-corrected chi connectivity index (χ3v) is 0. The first-order valence-electron chi connectivity index (χ1n) is 1.57. The van der Waals surface area contributed by atoms with Crippen LogP contribution in [0.15, 0.2) is 0 Å². The second-order valence-corrected chi connectivity index (χ2v) is 3.08. The predicted octanol–water partition coefficient (Wildman–Crippen LogP) is -4.23. The second kappa shape index (κ2) is 8.91. The van der Waals surface area contributed by atoms with Crippen LogP contribution in [0.5, 0.6) is 0 Å². The molecule has 12 heteroatoms. The van der Waals surface area contributed by atoms with Gasteiger partial charge in [-0.05, 0) is 0 Å². The second-order valence-electron chi connectivity index (χ2n) is 1.03. The minimum atomic E-state index is -4.64. The first-order valence-corrected chi connectivity index (χ1v) is 4.70. The molecule has 0 aliphatic carbocycles. The van der Waals surface area contributed by atoms with Gasteiger partial charge >= 0.3 is 51.6 Å². The van der Waals surface area contributed by atoms with E-state index in [1.54, 1.807) is 0 Å². The van der Waals surface area contributed by atoms with Gasteiger partial charge in [-0.25, -0.2) is 9.13 Å². The summed E-state index contributed by atoms with van der Waals surface area (Å²) in [6.07, 6.45) is 0. The van der Waals surface area contributed by atoms with Gasteiger partial charge in [-0.3, -0.25) is 0 Å². The molecular formula is H12As2O8P2. The average Bonchev–Trinajstić information content (AvgIpc) is 1.12. The summed E-state index contributed by atoms with van der Waals surface area (Å²) in [7, 11) is -9.28. The first kappa shape index (κ1) is 23.3. The van der Waals surface area contributed by atoms with Crippen LogP contribution < -0.4 is 0 Å². The molecule has 0 heterocycles. The van der Waals surface area contributed by atoms with Crippen molar-refractivity contribution >= 4 is 51.6 Å². The van der Waals surface area contributed by atoms with E-state index in [0.29, 0.717) is 0 Å². The van der Waals surface area contributed by atoms with Gasteiger partial charge in [0.2, 0.25) is 0 Å². The fraction of sp³-hybridized carbons (Fsp3) is 0. The topological polar surface area (TPSA) is 156 Å². The summed E-state index contributed by atoms with van der Waals surface area (Å²) in [5.41, 5.74) is 0. The Morgan fingerprint density at radius 1 is 0.583 bits per heavy atom. The van der Waals surface area contributed by atoms with Gasteiger partial charge in [0.1, 0.15) is 0 Å². The molecule has 80 valence electrons. The molecule has 0 radical (unpaired) electrons. The van der Waals surface area contributed by atoms with E-state index in [0.717, 1.165) is 0 Å². The summed E-state index contributed by atoms with van der Waals surface area (Å²) in [4.78, 5) is 43.1. The van der Waals surface area contributed by atoms with Crippen molar-refractivity contribution in [1.29, 1.82) is 0 Å². The summed E-state index contributed by atoms with van der Waals surface area (Å²) in [5, 5.41) is 0. The van der Waals surface area contributed by atoms with E-state index < -0.39 is 15.6 Å². The van der Waals surface area contributed by atoms with E-state index in [1.165, 1.54) is 0 Å². The van der Waals surface area contributed by atoms with E-state index in [2.05, 4.69) is 0 Å². The van der Waals surface area contributed by atoms with Crippen LogP contribution in [-0.4, -0.2) is 65.3 Å². The Hall–Kier alpha value is 1.34. The van der Waals surface area contributed by atoms with Crippen molar-refractivity contribution in [3.05, 3.63) is 0 Å². The number of hydrogen-bond acceptors (Lipinski definition) is 2. The minimum absolute atomic E-state index is 0. The fourth-order valence-electron chi connectivity index (χ4n) is 0. The Bertz CT molecular complexity index is 127. The Morgan fingerprint density at radius 2 is 0.583 bits per heavy atom. The molecule has 2 unspecified atom stereocenters. The molecule has 2 atom stereocenters. The van der Waals surface area contributed by atoms with Crippen molar-refractivity contribution in [3.8, 4) is 0 Å². The molecule has 0 aliphatic heterocycles. The van der Waals surface area contributed by atoms with Crippen molar-refractivity contribution in [2.45, 2.75) is 0 Å². The van der Waals surface area contributed by atoms with Gasteiger partial charge in [-0.1, -0.05) is 0 Å². The molecule has 12 heavy (non-hydrogen) atoms. The third-order valence-electron chi connectivity index (χ3n) is 0. The molecule has 0 aromatic heterocycles. The first-order chi connectivity index (χ1) is 4.00. The predicted molar refractivity (Wildman–Crippen MR) is 48.4 cm³/mol. The Kier molecular flexibility index (Phi) is 17.3. The van der Waals surface area contributed by atoms with E-state index in [-0.39, 0.29) is 35.9 Å². The van der Waals surface area contributed by atoms with Crippen molar-refractivity contribution in [2.75, 3.05) is 0 Å². The summed E-state index contributed by atoms with van der Waals surface area (Å²) in [6, 6.07) is 0. The van der Waals surface area contributed by atoms with Gasteiger partial charge in [-0.15, -0.1) is 0 Å². The zero-order valence-electron chi connectivity index (χ0n) is 5.81. The van der Waals surface area contributed by atoms with E-state index in [9.17, 15) is 0 Å². The van der Waals surface area contributed by atoms with Gasteiger partial charge in [-0.2, -0.15) is 0 Å². The molecule has 0 spiro atoms. The molecule has 0 saturated carbocycles. The van der Waals surface area contributed by atoms with Crippen molar-refractivity contribution in [1.82, 2.24) is 0 Å². The fourth-order valence-corrected chi connectivity index (χ4v) is 0. The molecule has 0 rings (SSSR count). The number of phosphoric acid groups is 2. The zero-order valence-corrected chi connectivity index (χ0v) is 13.5. The standard InChI is InChI=1S/2AsH3.2H3O4P/c;;2*1-5(2,3)4/h2*1H3;2*(H3,1,2,3,4). The normalized spacial score (nSPS) is 9.83. The summed E-state index contributed by atoms with van der Waals surface area (Å²) >= 11 is 0. The van der Waals surface area contributed by atoms with Gasteiger partial charge < -0.3 is 29.4 Å². The molecule has 6 N–H and O–H groups in total. The number of rotatable bonds is 0. The molecule has 0 aromatic carbocycles. The Balaban J connectivity index is -0.0000000457. The zero-order chi connectivity index (χ0) is 9.00. The van der Waals surface area contributed by atoms with Gasteiger partial charge in [0, 0.05) is 0 Å². The van der Waals surface area contributed by atoms with E-state index in [4.69, 9.17) is 38.5 Å². The van der Waals surface area contributed by atoms with Gasteiger partial charge in [0.25, 0.3) is 0 Å². The molecule has 0 aromatic rings. The van der Waals surface area contributed by atoms with Crippen LogP contribution in [0.4, 0.5) is 0 Å². The van der Waals surface area contributed by atoms with Crippen LogP contribution in [0, 0.1) is 0 Å².